The van der Waals surface area contributed by atoms with Crippen LogP contribution in [0, 0.1) is 11.3 Å². The minimum absolute atomic E-state index is 0.0332. The molecule has 268 valence electrons. The molecule has 1 atom stereocenters. The van der Waals surface area contributed by atoms with Gasteiger partial charge in [-0.2, -0.15) is 5.26 Å². The highest BCUT2D eigenvalue weighted by atomic mass is 32.2. The van der Waals surface area contributed by atoms with Crippen LogP contribution in [0.3, 0.4) is 0 Å². The molecule has 0 bridgehead atoms. The lowest BCUT2D eigenvalue weighted by atomic mass is 10.1. The zero-order valence-electron chi connectivity index (χ0n) is 29.2. The minimum Gasteiger partial charge on any atom is -0.493 e. The maximum absolute atomic E-state index is 14.0. The molecular formula is C43H34N4O5S2. The number of para-hydroxylation sites is 1. The molecule has 1 unspecified atom stereocenters. The molecule has 0 aliphatic carbocycles. The van der Waals surface area contributed by atoms with E-state index >= 15 is 0 Å². The second-order valence-corrected chi connectivity index (χ2v) is 13.7. The second kappa shape index (κ2) is 17.7. The molecule has 0 radical (unpaired) electrons. The highest BCUT2D eigenvalue weighted by molar-refractivity contribution is 8.00. The van der Waals surface area contributed by atoms with Crippen LogP contribution in [0.4, 0.5) is 10.7 Å². The lowest BCUT2D eigenvalue weighted by Gasteiger charge is -2.18. The Morgan fingerprint density at radius 1 is 0.796 bits per heavy atom. The van der Waals surface area contributed by atoms with E-state index in [-0.39, 0.29) is 11.6 Å². The molecule has 11 heteroatoms. The van der Waals surface area contributed by atoms with E-state index < -0.39 is 17.1 Å². The largest absolute Gasteiger partial charge is 0.493 e. The number of thiophene rings is 1. The summed E-state index contributed by atoms with van der Waals surface area (Å²) in [5, 5.41) is 20.4. The third-order valence-corrected chi connectivity index (χ3v) is 10.3. The Bertz CT molecular complexity index is 2340. The fourth-order valence-electron chi connectivity index (χ4n) is 5.57. The number of rotatable bonds is 13. The molecule has 1 heterocycles. The van der Waals surface area contributed by atoms with Crippen molar-refractivity contribution in [2.24, 2.45) is 0 Å². The summed E-state index contributed by atoms with van der Waals surface area (Å²) in [6, 6.07) is 42.1. The van der Waals surface area contributed by atoms with Crippen molar-refractivity contribution in [3.8, 4) is 28.7 Å². The molecule has 0 aliphatic rings. The standard InChI is InChI=1S/C43H34N4O5S2/c1-51-37-23-12-20-31(38(37)52-2)24-36(46-40(48)30-18-10-5-11-19-30)41(49)45-32-21-13-22-33(25-32)54-39(29-16-8-4-9-17-29)42(50)47-43-34(26-44)35(27-53-43)28-14-6-3-7-15-28/h3-25,27,39H,1-2H3,(H,45,49)(H,46,48)(H,47,50)/b36-24+. The van der Waals surface area contributed by atoms with Crippen molar-refractivity contribution in [1.29, 1.82) is 5.26 Å². The fourth-order valence-corrected chi connectivity index (χ4v) is 7.58. The van der Waals surface area contributed by atoms with E-state index in [1.807, 2.05) is 72.1 Å². The zero-order chi connectivity index (χ0) is 37.9. The number of hydrogen-bond donors (Lipinski definition) is 3. The van der Waals surface area contributed by atoms with Gasteiger partial charge in [0.05, 0.1) is 19.8 Å². The van der Waals surface area contributed by atoms with Crippen LogP contribution in [-0.2, 0) is 9.59 Å². The number of hydrogen-bond acceptors (Lipinski definition) is 8. The zero-order valence-corrected chi connectivity index (χ0v) is 30.9. The van der Waals surface area contributed by atoms with Crippen molar-refractivity contribution >= 4 is 57.6 Å². The third-order valence-electron chi connectivity index (χ3n) is 8.17. The molecular weight excluding hydrogens is 717 g/mol. The molecule has 0 saturated carbocycles. The van der Waals surface area contributed by atoms with Crippen molar-refractivity contribution in [3.63, 3.8) is 0 Å². The van der Waals surface area contributed by atoms with E-state index in [2.05, 4.69) is 22.0 Å². The summed E-state index contributed by atoms with van der Waals surface area (Å²) in [6.45, 7) is 0. The van der Waals surface area contributed by atoms with Crippen LogP contribution >= 0.6 is 23.1 Å². The molecule has 0 spiro atoms. The summed E-state index contributed by atoms with van der Waals surface area (Å²) in [4.78, 5) is 41.9. The van der Waals surface area contributed by atoms with Crippen molar-refractivity contribution < 1.29 is 23.9 Å². The number of ether oxygens (including phenoxy) is 2. The van der Waals surface area contributed by atoms with Crippen LogP contribution in [0.1, 0.15) is 32.3 Å². The Labute approximate surface area is 321 Å². The topological polar surface area (TPSA) is 130 Å². The summed E-state index contributed by atoms with van der Waals surface area (Å²) < 4.78 is 11.0. The van der Waals surface area contributed by atoms with Crippen LogP contribution in [0.25, 0.3) is 17.2 Å². The van der Waals surface area contributed by atoms with Crippen molar-refractivity contribution in [1.82, 2.24) is 5.32 Å². The first-order valence-corrected chi connectivity index (χ1v) is 18.4. The summed E-state index contributed by atoms with van der Waals surface area (Å²) in [5.41, 5.74) is 4.09. The van der Waals surface area contributed by atoms with Gasteiger partial charge < -0.3 is 25.4 Å². The van der Waals surface area contributed by atoms with Gasteiger partial charge in [0.15, 0.2) is 11.5 Å². The van der Waals surface area contributed by atoms with Crippen molar-refractivity contribution in [2.75, 3.05) is 24.9 Å². The van der Waals surface area contributed by atoms with Crippen LogP contribution in [0.15, 0.2) is 149 Å². The first-order chi connectivity index (χ1) is 26.4. The predicted octanol–water partition coefficient (Wildman–Crippen LogP) is 9.19. The van der Waals surface area contributed by atoms with Gasteiger partial charge in [-0.05, 0) is 53.6 Å². The molecule has 9 nitrogen and oxygen atoms in total. The van der Waals surface area contributed by atoms with E-state index in [4.69, 9.17) is 9.47 Å². The number of anilines is 2. The third kappa shape index (κ3) is 8.87. The fraction of sp³-hybridized carbons (Fsp3) is 0.0698. The number of carbonyl (C=O) groups is 3. The van der Waals surface area contributed by atoms with Crippen molar-refractivity contribution in [2.45, 2.75) is 10.1 Å². The molecule has 0 aliphatic heterocycles. The summed E-state index contributed by atoms with van der Waals surface area (Å²) in [7, 11) is 3.01. The quantitative estimate of drug-likeness (QED) is 0.0793. The van der Waals surface area contributed by atoms with Gasteiger partial charge in [-0.15, -0.1) is 23.1 Å². The van der Waals surface area contributed by atoms with Gasteiger partial charge in [-0.25, -0.2) is 0 Å². The normalized spacial score (nSPS) is 11.5. The van der Waals surface area contributed by atoms with E-state index in [1.165, 1.54) is 43.4 Å². The van der Waals surface area contributed by atoms with Gasteiger partial charge in [-0.3, -0.25) is 14.4 Å². The lowest BCUT2D eigenvalue weighted by Crippen LogP contribution is -2.30. The van der Waals surface area contributed by atoms with E-state index in [0.717, 1.165) is 16.7 Å². The van der Waals surface area contributed by atoms with Crippen LogP contribution in [0.2, 0.25) is 0 Å². The van der Waals surface area contributed by atoms with Gasteiger partial charge in [0, 0.05) is 32.7 Å². The molecule has 6 aromatic rings. The van der Waals surface area contributed by atoms with E-state index in [1.54, 1.807) is 66.7 Å². The average molecular weight is 751 g/mol. The predicted molar refractivity (Wildman–Crippen MR) is 215 cm³/mol. The number of nitrogens with zero attached hydrogens (tertiary/aromatic N) is 1. The van der Waals surface area contributed by atoms with E-state index in [9.17, 15) is 19.6 Å². The Morgan fingerprint density at radius 2 is 1.48 bits per heavy atom. The Balaban J connectivity index is 1.26. The average Bonchev–Trinajstić information content (AvgIpc) is 3.62. The van der Waals surface area contributed by atoms with Crippen LogP contribution in [0.5, 0.6) is 11.5 Å². The molecule has 0 fully saturated rings. The minimum atomic E-state index is -0.702. The number of carbonyl (C=O) groups excluding carboxylic acids is 3. The maximum Gasteiger partial charge on any atom is 0.272 e. The highest BCUT2D eigenvalue weighted by Gasteiger charge is 2.25. The van der Waals surface area contributed by atoms with Crippen LogP contribution < -0.4 is 25.4 Å². The molecule has 5 aromatic carbocycles. The lowest BCUT2D eigenvalue weighted by molar-refractivity contribution is -0.116. The smallest absolute Gasteiger partial charge is 0.272 e. The van der Waals surface area contributed by atoms with Gasteiger partial charge in [0.2, 0.25) is 5.91 Å². The molecule has 3 N–H and O–H groups in total. The first-order valence-electron chi connectivity index (χ1n) is 16.7. The number of thioether (sulfide) groups is 1. The van der Waals surface area contributed by atoms with E-state index in [0.29, 0.717) is 43.8 Å². The monoisotopic (exact) mass is 750 g/mol. The Hall–Kier alpha value is -6.61. The Morgan fingerprint density at radius 3 is 2.17 bits per heavy atom. The van der Waals surface area contributed by atoms with Gasteiger partial charge >= 0.3 is 0 Å². The van der Waals surface area contributed by atoms with Gasteiger partial charge in [0.1, 0.15) is 22.0 Å². The highest BCUT2D eigenvalue weighted by Crippen LogP contribution is 2.40. The SMILES string of the molecule is COc1cccc(/C=C(/NC(=O)c2ccccc2)C(=O)Nc2cccc(SC(C(=O)Nc3scc(-c4ccccc4)c3C#N)c3ccccc3)c2)c1OC. The first kappa shape index (κ1) is 37.2. The number of nitriles is 1. The molecule has 1 aromatic heterocycles. The molecule has 0 saturated heterocycles. The molecule has 6 rings (SSSR count). The maximum atomic E-state index is 14.0. The summed E-state index contributed by atoms with van der Waals surface area (Å²) >= 11 is 2.60. The van der Waals surface area contributed by atoms with Crippen LogP contribution in [-0.4, -0.2) is 31.9 Å². The number of nitrogens with one attached hydrogen (secondary N) is 3. The summed E-state index contributed by atoms with van der Waals surface area (Å²) in [5.74, 6) is -0.509. The molecule has 54 heavy (non-hydrogen) atoms. The number of benzene rings is 5. The molecule has 3 amide bonds. The summed E-state index contributed by atoms with van der Waals surface area (Å²) in [6.07, 6.45) is 1.52. The van der Waals surface area contributed by atoms with Gasteiger partial charge in [0.25, 0.3) is 11.8 Å². The Kier molecular flexibility index (Phi) is 12.2. The number of amides is 3. The second-order valence-electron chi connectivity index (χ2n) is 11.7. The van der Waals surface area contributed by atoms with Crippen molar-refractivity contribution in [3.05, 3.63) is 167 Å². The van der Waals surface area contributed by atoms with Gasteiger partial charge in [-0.1, -0.05) is 97.1 Å². The number of methoxy groups -OCH3 is 2.